The van der Waals surface area contributed by atoms with Gasteiger partial charge in [-0.1, -0.05) is 25.1 Å². The van der Waals surface area contributed by atoms with E-state index in [2.05, 4.69) is 10.5 Å². The number of carbonyl (C=O) groups is 3. The van der Waals surface area contributed by atoms with Crippen LogP contribution < -0.4 is 16.0 Å². The molecule has 0 saturated carbocycles. The molecule has 2 saturated heterocycles. The van der Waals surface area contributed by atoms with Crippen LogP contribution >= 0.6 is 0 Å². The number of amides is 3. The van der Waals surface area contributed by atoms with Crippen LogP contribution in [0.3, 0.4) is 0 Å². The number of nitrogens with zero attached hydrogens (tertiary/aromatic N) is 3. The molecule has 1 aromatic carbocycles. The van der Waals surface area contributed by atoms with Crippen molar-refractivity contribution < 1.29 is 42.6 Å². The molecule has 3 aliphatic rings. The second-order valence-corrected chi connectivity index (χ2v) is 9.08. The van der Waals surface area contributed by atoms with Gasteiger partial charge in [0.2, 0.25) is 0 Å². The molecule has 0 bridgehead atoms. The van der Waals surface area contributed by atoms with Crippen molar-refractivity contribution in [3.8, 4) is 0 Å². The minimum Gasteiger partial charge on any atom is -0.385 e. The van der Waals surface area contributed by atoms with E-state index in [1.54, 1.807) is 0 Å². The Kier molecular flexibility index (Phi) is 11.7. The lowest BCUT2D eigenvalue weighted by molar-refractivity contribution is -0.152. The molecule has 4 rings (SSSR count). The molecule has 0 aromatic heterocycles. The summed E-state index contributed by atoms with van der Waals surface area (Å²) >= 11 is 0. The zero-order valence-electron chi connectivity index (χ0n) is 23.6. The Labute approximate surface area is 242 Å². The van der Waals surface area contributed by atoms with Gasteiger partial charge in [0.1, 0.15) is 23.2 Å². The smallest absolute Gasteiger partial charge is 0.259 e. The fourth-order valence-corrected chi connectivity index (χ4v) is 4.15. The molecule has 12 nitrogen and oxygen atoms in total. The quantitative estimate of drug-likeness (QED) is 0.247. The van der Waals surface area contributed by atoms with Gasteiger partial charge in [-0.2, -0.15) is 0 Å². The average Bonchev–Trinajstić information content (AvgIpc) is 3.18. The predicted octanol–water partition coefficient (Wildman–Crippen LogP) is 1.87. The number of hydrogen-bond donors (Lipinski definition) is 3. The summed E-state index contributed by atoms with van der Waals surface area (Å²) in [6, 6.07) is 3.64. The monoisotopic (exact) mass is 591 g/mol. The summed E-state index contributed by atoms with van der Waals surface area (Å²) in [6.07, 6.45) is 0.0639. The summed E-state index contributed by atoms with van der Waals surface area (Å²) < 4.78 is 39.7. The maximum absolute atomic E-state index is 14.6. The normalized spacial score (nSPS) is 20.2. The molecule has 4 N–H and O–H groups in total. The topological polar surface area (TPSA) is 156 Å². The number of halogens is 2. The van der Waals surface area contributed by atoms with Crippen LogP contribution in [0, 0.1) is 5.82 Å². The van der Waals surface area contributed by atoms with E-state index in [4.69, 9.17) is 20.0 Å². The van der Waals surface area contributed by atoms with Gasteiger partial charge >= 0.3 is 0 Å². The van der Waals surface area contributed by atoms with Crippen LogP contribution in [0.5, 0.6) is 0 Å². The number of amidine groups is 1. The molecule has 2 heterocycles. The van der Waals surface area contributed by atoms with E-state index in [-0.39, 0.29) is 48.1 Å². The summed E-state index contributed by atoms with van der Waals surface area (Å²) in [4.78, 5) is 46.6. The van der Waals surface area contributed by atoms with Gasteiger partial charge in [-0.3, -0.25) is 14.4 Å². The molecule has 1 aromatic rings. The Morgan fingerprint density at radius 2 is 1.88 bits per heavy atom. The van der Waals surface area contributed by atoms with E-state index in [1.807, 2.05) is 13.8 Å². The lowest BCUT2D eigenvalue weighted by atomic mass is 10.1. The van der Waals surface area contributed by atoms with E-state index < -0.39 is 41.6 Å². The van der Waals surface area contributed by atoms with E-state index in [1.165, 1.54) is 41.0 Å². The van der Waals surface area contributed by atoms with Crippen LogP contribution in [0.25, 0.3) is 0 Å². The summed E-state index contributed by atoms with van der Waals surface area (Å²) in [5, 5.41) is 16.5. The summed E-state index contributed by atoms with van der Waals surface area (Å²) in [5.74, 6) is -3.59. The molecule has 0 radical (unpaired) electrons. The lowest BCUT2D eigenvalue weighted by Crippen LogP contribution is -2.56. The molecule has 2 aliphatic heterocycles. The molecule has 0 spiro atoms. The fraction of sp³-hybridized carbons (Fsp3) is 0.429. The molecular weight excluding hydrogens is 556 g/mol. The predicted molar refractivity (Wildman–Crippen MR) is 149 cm³/mol. The van der Waals surface area contributed by atoms with E-state index >= 15 is 0 Å². The van der Waals surface area contributed by atoms with Crippen molar-refractivity contribution in [2.24, 2.45) is 10.9 Å². The number of aliphatic hydroxyl groups excluding tert-OH is 1. The fourth-order valence-electron chi connectivity index (χ4n) is 4.15. The van der Waals surface area contributed by atoms with Gasteiger partial charge in [0.05, 0.1) is 31.1 Å². The van der Waals surface area contributed by atoms with Crippen molar-refractivity contribution in [1.29, 1.82) is 0 Å². The zero-order valence-corrected chi connectivity index (χ0v) is 23.6. The average molecular weight is 592 g/mol. The number of oxime groups is 1. The number of nitrogens with one attached hydrogen (secondary N) is 1. The van der Waals surface area contributed by atoms with Crippen LogP contribution in [0.4, 0.5) is 14.5 Å². The first-order valence-electron chi connectivity index (χ1n) is 13.5. The first-order chi connectivity index (χ1) is 20.2. The molecule has 3 amide bonds. The largest absolute Gasteiger partial charge is 0.385 e. The minimum absolute atomic E-state index is 0.0300. The maximum Gasteiger partial charge on any atom is 0.259 e. The summed E-state index contributed by atoms with van der Waals surface area (Å²) in [6.45, 7) is 6.76. The number of ether oxygens (including phenoxy) is 2. The lowest BCUT2D eigenvalue weighted by Gasteiger charge is -2.34. The number of aliphatic hydroxyl groups is 1. The zero-order chi connectivity index (χ0) is 30.8. The molecule has 2 atom stereocenters. The highest BCUT2D eigenvalue weighted by atomic mass is 19.1. The van der Waals surface area contributed by atoms with E-state index in [0.717, 1.165) is 12.1 Å². The molecular formula is C28H35F2N5O7. The Balaban J connectivity index is 0.00000237. The molecule has 228 valence electrons. The third-order valence-electron chi connectivity index (χ3n) is 6.21. The molecule has 1 unspecified atom stereocenters. The van der Waals surface area contributed by atoms with Gasteiger partial charge in [-0.15, -0.1) is 0 Å². The van der Waals surface area contributed by atoms with Crippen molar-refractivity contribution in [3.05, 3.63) is 65.1 Å². The molecule has 42 heavy (non-hydrogen) atoms. The van der Waals surface area contributed by atoms with E-state index in [0.29, 0.717) is 26.3 Å². The van der Waals surface area contributed by atoms with Crippen LogP contribution in [-0.4, -0.2) is 85.2 Å². The highest BCUT2D eigenvalue weighted by Crippen LogP contribution is 2.25. The van der Waals surface area contributed by atoms with Crippen molar-refractivity contribution in [3.63, 3.8) is 0 Å². The number of hydrogen-bond acceptors (Lipinski definition) is 8. The highest BCUT2D eigenvalue weighted by molar-refractivity contribution is 6.02. The van der Waals surface area contributed by atoms with Crippen LogP contribution in [0.1, 0.15) is 37.6 Å². The van der Waals surface area contributed by atoms with Crippen molar-refractivity contribution in [2.45, 2.75) is 39.4 Å². The van der Waals surface area contributed by atoms with Crippen molar-refractivity contribution in [1.82, 2.24) is 10.2 Å². The minimum atomic E-state index is -2.00. The van der Waals surface area contributed by atoms with Gasteiger partial charge < -0.3 is 40.3 Å². The number of carbonyl (C=O) groups excluding carboxylic acids is 3. The van der Waals surface area contributed by atoms with Crippen LogP contribution in [0.2, 0.25) is 0 Å². The standard InChI is InChI=1S/C26H29F2N5O7.C2H6/c1-15(29)31-40-17-3-6-20(28)21(7-4-17)30-24(35)22(34)23-26(37)33(10-13-39-23)16-2-5-19(27)18(14-16)25(36)32-8-11-38-12-9-32;1-2/h2-3,5-7,14,22-23,34H,4,8-13H2,1H3,(H2,29,31)(H,30,35);1-2H3/t22?,23-;/m1./s1. The number of nitrogens with two attached hydrogens (primary N) is 1. The van der Waals surface area contributed by atoms with Crippen molar-refractivity contribution >= 4 is 29.2 Å². The first kappa shape index (κ1) is 32.4. The number of allylic oxidation sites excluding steroid dienone is 4. The first-order valence-corrected chi connectivity index (χ1v) is 13.5. The molecule has 14 heteroatoms. The molecule has 1 aliphatic carbocycles. The van der Waals surface area contributed by atoms with Gasteiger partial charge in [0, 0.05) is 31.7 Å². The number of morpholine rings is 2. The second-order valence-electron chi connectivity index (χ2n) is 9.08. The highest BCUT2D eigenvalue weighted by Gasteiger charge is 2.40. The second kappa shape index (κ2) is 15.2. The van der Waals surface area contributed by atoms with Gasteiger partial charge in [-0.05, 0) is 37.3 Å². The number of benzene rings is 1. The summed E-state index contributed by atoms with van der Waals surface area (Å²) in [5.41, 5.74) is 5.14. The van der Waals surface area contributed by atoms with Crippen molar-refractivity contribution in [2.75, 3.05) is 44.4 Å². The van der Waals surface area contributed by atoms with E-state index in [9.17, 15) is 28.3 Å². The van der Waals surface area contributed by atoms with Gasteiger partial charge in [0.15, 0.2) is 12.2 Å². The van der Waals surface area contributed by atoms with Gasteiger partial charge in [0.25, 0.3) is 17.7 Å². The van der Waals surface area contributed by atoms with Crippen LogP contribution in [-0.2, 0) is 23.9 Å². The SMILES string of the molecule is C/C(N)=N\OC1=CC=C(F)C(NC(=O)C(O)[C@H]2OCCN(c3ccc(F)c(C(=O)N4CCOCC4)c3)C2=O)=CC1.CC. The summed E-state index contributed by atoms with van der Waals surface area (Å²) in [7, 11) is 0. The Morgan fingerprint density at radius 1 is 1.17 bits per heavy atom. The van der Waals surface area contributed by atoms with Crippen LogP contribution in [0.15, 0.2) is 58.9 Å². The number of rotatable bonds is 7. The van der Waals surface area contributed by atoms with Gasteiger partial charge in [-0.25, -0.2) is 8.78 Å². The third-order valence-corrected chi connectivity index (χ3v) is 6.21. The number of anilines is 1. The Hall–Kier alpha value is -4.14. The third kappa shape index (κ3) is 7.99. The Bertz CT molecular complexity index is 1290. The molecule has 2 fully saturated rings. The maximum atomic E-state index is 14.6. The Morgan fingerprint density at radius 3 is 2.57 bits per heavy atom.